The predicted octanol–water partition coefficient (Wildman–Crippen LogP) is 4.10. The lowest BCUT2D eigenvalue weighted by atomic mass is 10.1. The quantitative estimate of drug-likeness (QED) is 0.406. The molecule has 3 aromatic carbocycles. The zero-order valence-corrected chi connectivity index (χ0v) is 19.6. The number of fused-ring (bicyclic) bond motifs is 1. The van der Waals surface area contributed by atoms with Crippen LogP contribution in [0.5, 0.6) is 5.75 Å². The molecule has 2 N–H and O–H groups in total. The number of carbonyl (C=O) groups excluding carboxylic acids is 1. The first kappa shape index (κ1) is 23.1. The van der Waals surface area contributed by atoms with Gasteiger partial charge in [-0.2, -0.15) is 13.2 Å². The first-order chi connectivity index (χ1) is 16.3. The molecule has 0 aliphatic carbocycles. The Morgan fingerprint density at radius 2 is 1.71 bits per heavy atom. The van der Waals surface area contributed by atoms with Crippen LogP contribution in [0.4, 0.5) is 5.69 Å². The largest absolute Gasteiger partial charge is 0.493 e. The molecule has 0 aliphatic heterocycles. The lowest BCUT2D eigenvalue weighted by Gasteiger charge is -2.09. The fourth-order valence-electron chi connectivity index (χ4n) is 3.29. The number of hydrogen-bond acceptors (Lipinski definition) is 6. The molecule has 0 saturated heterocycles. The molecule has 34 heavy (non-hydrogen) atoms. The minimum Gasteiger partial charge on any atom is -0.493 e. The van der Waals surface area contributed by atoms with Crippen LogP contribution in [0, 0.1) is 13.8 Å². The van der Waals surface area contributed by atoms with Crippen molar-refractivity contribution in [2.24, 2.45) is 5.10 Å². The predicted molar refractivity (Wildman–Crippen MR) is 129 cm³/mol. The third-order valence-electron chi connectivity index (χ3n) is 5.29. The van der Waals surface area contributed by atoms with Gasteiger partial charge in [-0.05, 0) is 61.4 Å². The second-order valence-corrected chi connectivity index (χ2v) is 9.28. The molecule has 0 bridgehead atoms. The van der Waals surface area contributed by atoms with E-state index in [1.165, 1.54) is 13.2 Å². The Morgan fingerprint density at radius 1 is 0.941 bits per heavy atom. The number of benzene rings is 3. The van der Waals surface area contributed by atoms with Gasteiger partial charge < -0.3 is 14.5 Å². The monoisotopic (exact) mass is 477 g/mol. The maximum absolute atomic E-state index is 13.1. The zero-order valence-electron chi connectivity index (χ0n) is 18.8. The summed E-state index contributed by atoms with van der Waals surface area (Å²) in [6.07, 6.45) is 0. The molecule has 1 amide bonds. The highest BCUT2D eigenvalue weighted by atomic mass is 32.2. The summed E-state index contributed by atoms with van der Waals surface area (Å²) < 4.78 is 36.9. The van der Waals surface area contributed by atoms with Crippen LogP contribution in [0.25, 0.3) is 11.0 Å². The number of anilines is 1. The van der Waals surface area contributed by atoms with E-state index in [1.807, 2.05) is 19.9 Å². The molecule has 0 fully saturated rings. The second kappa shape index (κ2) is 9.40. The molecule has 1 heterocycles. The topological polar surface area (TPSA) is 110 Å². The van der Waals surface area contributed by atoms with E-state index in [-0.39, 0.29) is 16.0 Å². The summed E-state index contributed by atoms with van der Waals surface area (Å²) >= 11 is 0. The Bertz CT molecular complexity index is 1540. The SMILES string of the molecule is COc1cccc2cc(C(=O)Nc3ccccc3)c(=NNS(=O)(=O)c3ccc(C)c(C)c3)oc12. The summed E-state index contributed by atoms with van der Waals surface area (Å²) in [5.74, 6) is -0.0928. The van der Waals surface area contributed by atoms with Crippen molar-refractivity contribution >= 4 is 32.6 Å². The van der Waals surface area contributed by atoms with Gasteiger partial charge in [0.2, 0.25) is 5.55 Å². The summed E-state index contributed by atoms with van der Waals surface area (Å²) in [5.41, 5.74) is 2.52. The molecule has 0 radical (unpaired) electrons. The van der Waals surface area contributed by atoms with Crippen molar-refractivity contribution in [3.63, 3.8) is 0 Å². The van der Waals surface area contributed by atoms with Gasteiger partial charge in [-0.1, -0.05) is 36.4 Å². The number of sulfonamides is 1. The van der Waals surface area contributed by atoms with Gasteiger partial charge in [0.05, 0.1) is 12.0 Å². The van der Waals surface area contributed by atoms with E-state index in [0.29, 0.717) is 22.4 Å². The van der Waals surface area contributed by atoms with Crippen LogP contribution in [0.2, 0.25) is 0 Å². The van der Waals surface area contributed by atoms with Crippen molar-refractivity contribution in [2.45, 2.75) is 18.7 Å². The van der Waals surface area contributed by atoms with Gasteiger partial charge >= 0.3 is 0 Å². The van der Waals surface area contributed by atoms with E-state index in [0.717, 1.165) is 11.1 Å². The first-order valence-corrected chi connectivity index (χ1v) is 11.9. The Balaban J connectivity index is 1.81. The van der Waals surface area contributed by atoms with Crippen molar-refractivity contribution in [1.29, 1.82) is 0 Å². The Morgan fingerprint density at radius 3 is 2.41 bits per heavy atom. The molecule has 9 heteroatoms. The van der Waals surface area contributed by atoms with Crippen molar-refractivity contribution in [1.82, 2.24) is 4.83 Å². The van der Waals surface area contributed by atoms with Gasteiger partial charge in [-0.3, -0.25) is 4.79 Å². The number of nitrogens with zero attached hydrogens (tertiary/aromatic N) is 1. The number of nitrogens with one attached hydrogen (secondary N) is 2. The first-order valence-electron chi connectivity index (χ1n) is 10.4. The van der Waals surface area contributed by atoms with Crippen LogP contribution in [0.15, 0.2) is 87.2 Å². The number of para-hydroxylation sites is 2. The third-order valence-corrected chi connectivity index (χ3v) is 6.50. The normalized spacial score (nSPS) is 11.9. The lowest BCUT2D eigenvalue weighted by Crippen LogP contribution is -2.27. The molecule has 4 rings (SSSR count). The maximum Gasteiger partial charge on any atom is 0.276 e. The van der Waals surface area contributed by atoms with Gasteiger partial charge in [0.15, 0.2) is 11.3 Å². The number of ether oxygens (including phenoxy) is 1. The number of aryl methyl sites for hydroxylation is 2. The van der Waals surface area contributed by atoms with E-state index in [1.54, 1.807) is 60.7 Å². The van der Waals surface area contributed by atoms with Crippen molar-refractivity contribution in [3.05, 3.63) is 95.0 Å². The summed E-state index contributed by atoms with van der Waals surface area (Å²) in [7, 11) is -2.52. The number of amides is 1. The molecule has 0 unspecified atom stereocenters. The van der Waals surface area contributed by atoms with E-state index in [2.05, 4.69) is 15.2 Å². The van der Waals surface area contributed by atoms with Crippen molar-refractivity contribution in [3.8, 4) is 5.75 Å². The molecule has 0 atom stereocenters. The molecule has 8 nitrogen and oxygen atoms in total. The molecule has 174 valence electrons. The molecule has 4 aromatic rings. The van der Waals surface area contributed by atoms with E-state index in [4.69, 9.17) is 9.15 Å². The van der Waals surface area contributed by atoms with Crippen molar-refractivity contribution in [2.75, 3.05) is 12.4 Å². The minimum atomic E-state index is -4.01. The van der Waals surface area contributed by atoms with Crippen LogP contribution in [0.1, 0.15) is 21.5 Å². The molecule has 1 aromatic heterocycles. The fraction of sp³-hybridized carbons (Fsp3) is 0.120. The molecule has 0 spiro atoms. The molecule has 0 aliphatic rings. The minimum absolute atomic E-state index is 0.0485. The Labute approximate surface area is 196 Å². The third kappa shape index (κ3) is 4.79. The average molecular weight is 478 g/mol. The molecular weight excluding hydrogens is 454 g/mol. The van der Waals surface area contributed by atoms with Crippen LogP contribution in [0.3, 0.4) is 0 Å². The fourth-order valence-corrected chi connectivity index (χ4v) is 4.17. The van der Waals surface area contributed by atoms with Crippen LogP contribution >= 0.6 is 0 Å². The van der Waals surface area contributed by atoms with E-state index >= 15 is 0 Å². The Kier molecular flexibility index (Phi) is 6.38. The number of carbonyl (C=O) groups is 1. The number of methoxy groups -OCH3 is 1. The number of hydrogen-bond donors (Lipinski definition) is 2. The summed E-state index contributed by atoms with van der Waals surface area (Å²) in [6.45, 7) is 3.71. The Hall–Kier alpha value is -4.11. The maximum atomic E-state index is 13.1. The number of rotatable bonds is 6. The zero-order chi connectivity index (χ0) is 24.3. The average Bonchev–Trinajstić information content (AvgIpc) is 2.84. The summed E-state index contributed by atoms with van der Waals surface area (Å²) in [4.78, 5) is 15.3. The van der Waals surface area contributed by atoms with Crippen LogP contribution in [-0.2, 0) is 10.0 Å². The van der Waals surface area contributed by atoms with E-state index < -0.39 is 15.9 Å². The lowest BCUT2D eigenvalue weighted by molar-refractivity contribution is 0.102. The molecule has 0 saturated carbocycles. The van der Waals surface area contributed by atoms with Crippen LogP contribution in [-0.4, -0.2) is 21.4 Å². The van der Waals surface area contributed by atoms with E-state index in [9.17, 15) is 13.2 Å². The highest BCUT2D eigenvalue weighted by Gasteiger charge is 2.18. The highest BCUT2D eigenvalue weighted by molar-refractivity contribution is 7.89. The highest BCUT2D eigenvalue weighted by Crippen LogP contribution is 2.25. The van der Waals surface area contributed by atoms with Gasteiger partial charge in [0, 0.05) is 11.1 Å². The summed E-state index contributed by atoms with van der Waals surface area (Å²) in [6, 6.07) is 20.4. The smallest absolute Gasteiger partial charge is 0.276 e. The van der Waals surface area contributed by atoms with Gasteiger partial charge in [-0.15, -0.1) is 5.10 Å². The van der Waals surface area contributed by atoms with Gasteiger partial charge in [0.1, 0.15) is 5.56 Å². The van der Waals surface area contributed by atoms with Gasteiger partial charge in [0.25, 0.3) is 15.9 Å². The van der Waals surface area contributed by atoms with Crippen molar-refractivity contribution < 1.29 is 22.4 Å². The molecular formula is C25H23N3O5S. The second-order valence-electron chi connectivity index (χ2n) is 7.62. The van der Waals surface area contributed by atoms with Gasteiger partial charge in [-0.25, -0.2) is 0 Å². The summed E-state index contributed by atoms with van der Waals surface area (Å²) in [5, 5.41) is 7.33. The standard InChI is InChI=1S/C25H23N3O5S/c1-16-12-13-20(14-17(16)2)34(30,31)28-27-25-21(24(29)26-19-9-5-4-6-10-19)15-18-8-7-11-22(32-3)23(18)33-25/h4-15,28H,1-3H3,(H,26,29). The van der Waals surface area contributed by atoms with Crippen LogP contribution < -0.4 is 20.4 Å².